The van der Waals surface area contributed by atoms with Gasteiger partial charge in [0.2, 0.25) is 0 Å². The largest absolute Gasteiger partial charge is 0.513 e. The second kappa shape index (κ2) is 4.44. The van der Waals surface area contributed by atoms with Gasteiger partial charge in [-0.05, 0) is 19.4 Å². The Morgan fingerprint density at radius 3 is 2.62 bits per heavy atom. The van der Waals surface area contributed by atoms with Crippen LogP contribution in [0, 0.1) is 0 Å². The van der Waals surface area contributed by atoms with E-state index in [0.29, 0.717) is 5.76 Å². The molecule has 0 aromatic carbocycles. The van der Waals surface area contributed by atoms with Crippen LogP contribution in [0.1, 0.15) is 20.3 Å². The van der Waals surface area contributed by atoms with Gasteiger partial charge < -0.3 is 5.11 Å². The fraction of sp³-hybridized carbons (Fsp3) is 0.429. The molecule has 0 saturated carbocycles. The van der Waals surface area contributed by atoms with Crippen molar-refractivity contribution in [2.24, 2.45) is 0 Å². The minimum Gasteiger partial charge on any atom is -0.513 e. The van der Waals surface area contributed by atoms with Gasteiger partial charge in [-0.3, -0.25) is 0 Å². The number of rotatable bonds is 2. The Bertz CT molecular complexity index is 97.0. The van der Waals surface area contributed by atoms with Crippen LogP contribution < -0.4 is 0 Å². The van der Waals surface area contributed by atoms with Crippen LogP contribution in [0.25, 0.3) is 0 Å². The van der Waals surface area contributed by atoms with E-state index in [-0.39, 0.29) is 0 Å². The van der Waals surface area contributed by atoms with Crippen LogP contribution in [0.2, 0.25) is 0 Å². The molecule has 0 heterocycles. The molecule has 0 aliphatic heterocycles. The molecule has 46 valence electrons. The first-order valence-electron chi connectivity index (χ1n) is 2.79. The van der Waals surface area contributed by atoms with Gasteiger partial charge in [-0.2, -0.15) is 0 Å². The van der Waals surface area contributed by atoms with Crippen molar-refractivity contribution in [1.29, 1.82) is 0 Å². The summed E-state index contributed by atoms with van der Waals surface area (Å²) in [5, 5.41) is 8.59. The minimum atomic E-state index is 0.356. The molecule has 1 nitrogen and oxygen atoms in total. The van der Waals surface area contributed by atoms with Crippen molar-refractivity contribution in [2.75, 3.05) is 0 Å². The van der Waals surface area contributed by atoms with E-state index in [1.165, 1.54) is 0 Å². The molecule has 0 amide bonds. The molecule has 0 atom stereocenters. The lowest BCUT2D eigenvalue weighted by molar-refractivity contribution is 0.414. The molecule has 0 fully saturated rings. The predicted molar refractivity (Wildman–Crippen MR) is 35.8 cm³/mol. The highest BCUT2D eigenvalue weighted by molar-refractivity contribution is 5.04. The summed E-state index contributed by atoms with van der Waals surface area (Å²) in [6.07, 6.45) is 6.52. The van der Waals surface area contributed by atoms with E-state index in [1.807, 2.05) is 12.2 Å². The quantitative estimate of drug-likeness (QED) is 0.429. The Kier molecular flexibility index (Phi) is 4.04. The fourth-order valence-electron chi connectivity index (χ4n) is 0.343. The lowest BCUT2D eigenvalue weighted by Gasteiger charge is -1.80. The molecule has 0 aromatic rings. The monoisotopic (exact) mass is 112 g/mol. The zero-order valence-corrected chi connectivity index (χ0v) is 5.39. The van der Waals surface area contributed by atoms with E-state index < -0.39 is 0 Å². The number of aliphatic hydroxyl groups excluding tert-OH is 1. The summed E-state index contributed by atoms with van der Waals surface area (Å²) in [4.78, 5) is 0. The molecule has 0 aliphatic rings. The minimum absolute atomic E-state index is 0.356. The maximum Gasteiger partial charge on any atom is 0.0891 e. The maximum absolute atomic E-state index is 8.59. The van der Waals surface area contributed by atoms with Crippen LogP contribution in [0.4, 0.5) is 0 Å². The Hall–Kier alpha value is -0.720. The average molecular weight is 112 g/mol. The zero-order chi connectivity index (χ0) is 6.41. The standard InChI is InChI=1S/C7H12O/c1-3-4-5-6-7(2)8/h4-6,8H,3H2,1-2H3. The van der Waals surface area contributed by atoms with E-state index in [4.69, 9.17) is 5.11 Å². The number of aliphatic hydroxyl groups is 1. The second-order valence-corrected chi connectivity index (χ2v) is 1.64. The first-order valence-corrected chi connectivity index (χ1v) is 2.79. The van der Waals surface area contributed by atoms with Gasteiger partial charge in [-0.1, -0.05) is 19.1 Å². The van der Waals surface area contributed by atoms with E-state index in [9.17, 15) is 0 Å². The van der Waals surface area contributed by atoms with Crippen molar-refractivity contribution in [3.8, 4) is 0 Å². The molecule has 0 bridgehead atoms. The number of hydrogen-bond donors (Lipinski definition) is 1. The van der Waals surface area contributed by atoms with Crippen molar-refractivity contribution < 1.29 is 5.11 Å². The van der Waals surface area contributed by atoms with Crippen molar-refractivity contribution in [1.82, 2.24) is 0 Å². The van der Waals surface area contributed by atoms with Crippen LogP contribution >= 0.6 is 0 Å². The summed E-state index contributed by atoms with van der Waals surface area (Å²) in [5.41, 5.74) is 0. The average Bonchev–Trinajstić information content (AvgIpc) is 1.66. The van der Waals surface area contributed by atoms with Gasteiger partial charge in [0.1, 0.15) is 0 Å². The van der Waals surface area contributed by atoms with Crippen LogP contribution in [-0.2, 0) is 0 Å². The SMILES string of the molecule is CCC=CC=C(C)O. The second-order valence-electron chi connectivity index (χ2n) is 1.64. The molecule has 0 spiro atoms. The Balaban J connectivity index is 3.42. The summed E-state index contributed by atoms with van der Waals surface area (Å²) in [7, 11) is 0. The molecular weight excluding hydrogens is 100 g/mol. The third-order valence-electron chi connectivity index (χ3n) is 0.709. The molecule has 0 rings (SSSR count). The highest BCUT2D eigenvalue weighted by atomic mass is 16.3. The van der Waals surface area contributed by atoms with Crippen LogP contribution in [-0.4, -0.2) is 5.11 Å². The molecule has 0 aromatic heterocycles. The number of allylic oxidation sites excluding steroid dienone is 4. The summed E-state index contributed by atoms with van der Waals surface area (Å²) >= 11 is 0. The summed E-state index contributed by atoms with van der Waals surface area (Å²) in [5.74, 6) is 0.356. The maximum atomic E-state index is 8.59. The molecule has 1 heteroatoms. The van der Waals surface area contributed by atoms with Crippen molar-refractivity contribution in [2.45, 2.75) is 20.3 Å². The van der Waals surface area contributed by atoms with Crippen molar-refractivity contribution in [3.05, 3.63) is 24.0 Å². The van der Waals surface area contributed by atoms with Crippen LogP contribution in [0.5, 0.6) is 0 Å². The summed E-state index contributed by atoms with van der Waals surface area (Å²) in [6, 6.07) is 0. The normalized spacial score (nSPS) is 13.0. The summed E-state index contributed by atoms with van der Waals surface area (Å²) in [6.45, 7) is 3.71. The Morgan fingerprint density at radius 2 is 2.25 bits per heavy atom. The molecule has 0 unspecified atom stereocenters. The highest BCUT2D eigenvalue weighted by Gasteiger charge is 1.70. The topological polar surface area (TPSA) is 20.2 Å². The van der Waals surface area contributed by atoms with E-state index >= 15 is 0 Å². The molecule has 0 radical (unpaired) electrons. The Labute approximate surface area is 50.3 Å². The van der Waals surface area contributed by atoms with E-state index in [1.54, 1.807) is 13.0 Å². The Morgan fingerprint density at radius 1 is 1.62 bits per heavy atom. The van der Waals surface area contributed by atoms with Crippen molar-refractivity contribution in [3.63, 3.8) is 0 Å². The van der Waals surface area contributed by atoms with E-state index in [2.05, 4.69) is 6.92 Å². The first-order chi connectivity index (χ1) is 3.77. The molecule has 1 N–H and O–H groups in total. The fourth-order valence-corrected chi connectivity index (χ4v) is 0.343. The summed E-state index contributed by atoms with van der Waals surface area (Å²) < 4.78 is 0. The lowest BCUT2D eigenvalue weighted by atomic mass is 10.4. The molecular formula is C7H12O. The van der Waals surface area contributed by atoms with Gasteiger partial charge in [0, 0.05) is 0 Å². The van der Waals surface area contributed by atoms with Gasteiger partial charge >= 0.3 is 0 Å². The van der Waals surface area contributed by atoms with E-state index in [0.717, 1.165) is 6.42 Å². The third kappa shape index (κ3) is 5.28. The van der Waals surface area contributed by atoms with Gasteiger partial charge in [0.25, 0.3) is 0 Å². The van der Waals surface area contributed by atoms with Gasteiger partial charge in [0.05, 0.1) is 5.76 Å². The highest BCUT2D eigenvalue weighted by Crippen LogP contribution is 1.86. The zero-order valence-electron chi connectivity index (χ0n) is 5.39. The van der Waals surface area contributed by atoms with Gasteiger partial charge in [-0.15, -0.1) is 0 Å². The van der Waals surface area contributed by atoms with Gasteiger partial charge in [0.15, 0.2) is 0 Å². The smallest absolute Gasteiger partial charge is 0.0891 e. The first kappa shape index (κ1) is 7.28. The molecule has 0 aliphatic carbocycles. The lowest BCUT2D eigenvalue weighted by Crippen LogP contribution is -1.64. The van der Waals surface area contributed by atoms with Crippen LogP contribution in [0.3, 0.4) is 0 Å². The molecule has 0 saturated heterocycles. The predicted octanol–water partition coefficient (Wildman–Crippen LogP) is 2.41. The molecule has 8 heavy (non-hydrogen) atoms. The van der Waals surface area contributed by atoms with Gasteiger partial charge in [-0.25, -0.2) is 0 Å². The van der Waals surface area contributed by atoms with Crippen molar-refractivity contribution >= 4 is 0 Å². The third-order valence-corrected chi connectivity index (χ3v) is 0.709. The van der Waals surface area contributed by atoms with Crippen LogP contribution in [0.15, 0.2) is 24.0 Å². The number of hydrogen-bond acceptors (Lipinski definition) is 1.